The van der Waals surface area contributed by atoms with Crippen LogP contribution in [0.1, 0.15) is 17.5 Å². The zero-order chi connectivity index (χ0) is 15.7. The van der Waals surface area contributed by atoms with Gasteiger partial charge in [0.05, 0.1) is 4.90 Å². The highest BCUT2D eigenvalue weighted by Crippen LogP contribution is 2.36. The van der Waals surface area contributed by atoms with Crippen LogP contribution >= 0.6 is 11.6 Å². The van der Waals surface area contributed by atoms with Gasteiger partial charge in [-0.3, -0.25) is 0 Å². The molecule has 0 aliphatic heterocycles. The maximum absolute atomic E-state index is 11.5. The number of halogens is 1. The quantitative estimate of drug-likeness (QED) is 0.823. The number of allylic oxidation sites excluding steroid dienone is 4. The Morgan fingerprint density at radius 3 is 1.73 bits per heavy atom. The molecule has 2 nitrogen and oxygen atoms in total. The van der Waals surface area contributed by atoms with Crippen LogP contribution in [0.4, 0.5) is 0 Å². The summed E-state index contributed by atoms with van der Waals surface area (Å²) in [6.45, 7) is 0. The van der Waals surface area contributed by atoms with E-state index in [0.29, 0.717) is 9.92 Å². The minimum absolute atomic E-state index is 0.340. The van der Waals surface area contributed by atoms with E-state index in [1.54, 1.807) is 12.1 Å². The van der Waals surface area contributed by atoms with E-state index in [1.807, 2.05) is 36.4 Å². The zero-order valence-corrected chi connectivity index (χ0v) is 13.7. The number of hydrogen-bond donors (Lipinski definition) is 0. The Kier molecular flexibility index (Phi) is 3.94. The highest BCUT2D eigenvalue weighted by Gasteiger charge is 2.15. The van der Waals surface area contributed by atoms with E-state index in [0.717, 1.165) is 28.7 Å². The molecular weight excluding hydrogens is 316 g/mol. The summed E-state index contributed by atoms with van der Waals surface area (Å²) >= 11 is 5.94. The van der Waals surface area contributed by atoms with Gasteiger partial charge in [-0.15, -0.1) is 0 Å². The standard InChI is InChI=1S/C18H15ClO2S/c1-22(20,21)16-11-7-14(8-12-16)18-4-2-3-17(18)13-5-9-15(19)10-6-13/h3-12H,2H2,1H3. The van der Waals surface area contributed by atoms with Crippen molar-refractivity contribution < 1.29 is 8.42 Å². The second-order valence-corrected chi connectivity index (χ2v) is 7.73. The Hall–Kier alpha value is -1.84. The van der Waals surface area contributed by atoms with Crippen molar-refractivity contribution in [3.05, 3.63) is 76.8 Å². The van der Waals surface area contributed by atoms with E-state index < -0.39 is 9.84 Å². The van der Waals surface area contributed by atoms with E-state index in [-0.39, 0.29) is 0 Å². The van der Waals surface area contributed by atoms with E-state index in [4.69, 9.17) is 11.6 Å². The van der Waals surface area contributed by atoms with Crippen LogP contribution in [0.15, 0.2) is 65.6 Å². The maximum atomic E-state index is 11.5. The first-order valence-corrected chi connectivity index (χ1v) is 9.19. The molecule has 0 saturated heterocycles. The average molecular weight is 331 g/mol. The highest BCUT2D eigenvalue weighted by atomic mass is 35.5. The summed E-state index contributed by atoms with van der Waals surface area (Å²) in [5.41, 5.74) is 4.41. The normalized spacial score (nSPS) is 14.6. The first-order chi connectivity index (χ1) is 10.4. The molecule has 112 valence electrons. The zero-order valence-electron chi connectivity index (χ0n) is 12.1. The summed E-state index contributed by atoms with van der Waals surface area (Å²) in [6, 6.07) is 14.8. The van der Waals surface area contributed by atoms with Crippen LogP contribution in [0.3, 0.4) is 0 Å². The third kappa shape index (κ3) is 3.01. The topological polar surface area (TPSA) is 34.1 Å². The molecule has 1 aliphatic rings. The van der Waals surface area contributed by atoms with Crippen LogP contribution in [0.2, 0.25) is 5.02 Å². The highest BCUT2D eigenvalue weighted by molar-refractivity contribution is 7.90. The van der Waals surface area contributed by atoms with Crippen molar-refractivity contribution in [2.75, 3.05) is 6.26 Å². The van der Waals surface area contributed by atoms with E-state index in [9.17, 15) is 8.42 Å². The van der Waals surface area contributed by atoms with Gasteiger partial charge in [-0.1, -0.05) is 48.0 Å². The van der Waals surface area contributed by atoms with Crippen molar-refractivity contribution in [3.63, 3.8) is 0 Å². The van der Waals surface area contributed by atoms with Crippen molar-refractivity contribution in [1.29, 1.82) is 0 Å². The van der Waals surface area contributed by atoms with Crippen LogP contribution in [0.25, 0.3) is 11.1 Å². The minimum Gasteiger partial charge on any atom is -0.224 e. The predicted octanol–water partition coefficient (Wildman–Crippen LogP) is 4.61. The van der Waals surface area contributed by atoms with Crippen LogP contribution in [-0.4, -0.2) is 14.7 Å². The van der Waals surface area contributed by atoms with E-state index >= 15 is 0 Å². The minimum atomic E-state index is -3.16. The smallest absolute Gasteiger partial charge is 0.175 e. The summed E-state index contributed by atoms with van der Waals surface area (Å²) < 4.78 is 23.1. The Morgan fingerprint density at radius 2 is 1.27 bits per heavy atom. The van der Waals surface area contributed by atoms with Gasteiger partial charge in [0, 0.05) is 11.3 Å². The Bertz CT molecular complexity index is 858. The first kappa shape index (κ1) is 15.1. The summed E-state index contributed by atoms with van der Waals surface area (Å²) in [5.74, 6) is 0. The molecule has 3 rings (SSSR count). The molecule has 0 saturated carbocycles. The molecule has 0 atom stereocenters. The number of sulfone groups is 1. The van der Waals surface area contributed by atoms with Gasteiger partial charge in [0.1, 0.15) is 0 Å². The van der Waals surface area contributed by atoms with Crippen LogP contribution in [0.5, 0.6) is 0 Å². The Balaban J connectivity index is 1.95. The van der Waals surface area contributed by atoms with Gasteiger partial charge in [0.2, 0.25) is 0 Å². The molecule has 0 heterocycles. The Labute approximate surface area is 135 Å². The maximum Gasteiger partial charge on any atom is 0.175 e. The molecule has 1 aliphatic carbocycles. The van der Waals surface area contributed by atoms with Crippen LogP contribution < -0.4 is 0 Å². The number of hydrogen-bond acceptors (Lipinski definition) is 2. The van der Waals surface area contributed by atoms with Crippen molar-refractivity contribution in [3.8, 4) is 0 Å². The van der Waals surface area contributed by atoms with Crippen molar-refractivity contribution in [1.82, 2.24) is 0 Å². The molecule has 2 aromatic carbocycles. The molecule has 0 spiro atoms. The lowest BCUT2D eigenvalue weighted by molar-refractivity contribution is 0.602. The fourth-order valence-electron chi connectivity index (χ4n) is 2.57. The number of rotatable bonds is 3. The monoisotopic (exact) mass is 330 g/mol. The lowest BCUT2D eigenvalue weighted by atomic mass is 9.95. The first-order valence-electron chi connectivity index (χ1n) is 6.92. The summed E-state index contributed by atoms with van der Waals surface area (Å²) in [4.78, 5) is 0.340. The summed E-state index contributed by atoms with van der Waals surface area (Å²) in [7, 11) is -3.16. The molecule has 4 heteroatoms. The summed E-state index contributed by atoms with van der Waals surface area (Å²) in [5, 5.41) is 0.713. The second kappa shape index (κ2) is 5.75. The third-order valence-electron chi connectivity index (χ3n) is 3.68. The van der Waals surface area contributed by atoms with Gasteiger partial charge in [0.25, 0.3) is 0 Å². The fourth-order valence-corrected chi connectivity index (χ4v) is 3.33. The second-order valence-electron chi connectivity index (χ2n) is 5.27. The van der Waals surface area contributed by atoms with Gasteiger partial charge in [-0.2, -0.15) is 0 Å². The molecule has 0 aromatic heterocycles. The predicted molar refractivity (Wildman–Crippen MR) is 91.6 cm³/mol. The molecule has 0 N–H and O–H groups in total. The molecular formula is C18H15ClO2S. The molecule has 0 fully saturated rings. The third-order valence-corrected chi connectivity index (χ3v) is 5.06. The molecule has 2 aromatic rings. The SMILES string of the molecule is CS(=O)(=O)c1ccc(C2=CCC=C2c2ccc(Cl)cc2)cc1. The molecule has 0 bridgehead atoms. The lowest BCUT2D eigenvalue weighted by Gasteiger charge is -2.10. The van der Waals surface area contributed by atoms with Gasteiger partial charge in [-0.25, -0.2) is 8.42 Å². The summed E-state index contributed by atoms with van der Waals surface area (Å²) in [6.07, 6.45) is 6.42. The van der Waals surface area contributed by atoms with Crippen molar-refractivity contribution in [2.24, 2.45) is 0 Å². The molecule has 22 heavy (non-hydrogen) atoms. The molecule has 0 radical (unpaired) electrons. The van der Waals surface area contributed by atoms with Gasteiger partial charge in [0.15, 0.2) is 9.84 Å². The van der Waals surface area contributed by atoms with Crippen molar-refractivity contribution in [2.45, 2.75) is 11.3 Å². The van der Waals surface area contributed by atoms with E-state index in [1.165, 1.54) is 6.26 Å². The fraction of sp³-hybridized carbons (Fsp3) is 0.111. The van der Waals surface area contributed by atoms with Crippen LogP contribution in [-0.2, 0) is 9.84 Å². The van der Waals surface area contributed by atoms with Crippen molar-refractivity contribution >= 4 is 32.6 Å². The number of benzene rings is 2. The van der Waals surface area contributed by atoms with Crippen LogP contribution in [0, 0.1) is 0 Å². The lowest BCUT2D eigenvalue weighted by Crippen LogP contribution is -1.97. The van der Waals surface area contributed by atoms with Gasteiger partial charge >= 0.3 is 0 Å². The van der Waals surface area contributed by atoms with Gasteiger partial charge < -0.3 is 0 Å². The molecule has 0 unspecified atom stereocenters. The largest absolute Gasteiger partial charge is 0.224 e. The van der Waals surface area contributed by atoms with E-state index in [2.05, 4.69) is 12.2 Å². The van der Waals surface area contributed by atoms with Gasteiger partial charge in [-0.05, 0) is 53.0 Å². The molecule has 0 amide bonds. The average Bonchev–Trinajstić information content (AvgIpc) is 2.97. The Morgan fingerprint density at radius 1 is 0.818 bits per heavy atom.